The van der Waals surface area contributed by atoms with Gasteiger partial charge in [-0.1, -0.05) is 72.8 Å². The highest BCUT2D eigenvalue weighted by Gasteiger charge is 2.37. The Morgan fingerprint density at radius 1 is 0.921 bits per heavy atom. The van der Waals surface area contributed by atoms with E-state index in [1.165, 1.54) is 17.0 Å². The van der Waals surface area contributed by atoms with E-state index in [2.05, 4.69) is 5.32 Å². The number of rotatable bonds is 9. The molecule has 1 heterocycles. The lowest BCUT2D eigenvalue weighted by atomic mass is 9.93. The molecule has 3 aromatic rings. The highest BCUT2D eigenvalue weighted by Crippen LogP contribution is 2.25. The van der Waals surface area contributed by atoms with Crippen LogP contribution < -0.4 is 11.1 Å². The van der Waals surface area contributed by atoms with Crippen LogP contribution in [0.15, 0.2) is 89.8 Å². The maximum Gasteiger partial charge on any atom is 0.411 e. The predicted molar refractivity (Wildman–Crippen MR) is 140 cm³/mol. The summed E-state index contributed by atoms with van der Waals surface area (Å²) in [5.74, 6) is -1.87. The molecule has 0 aromatic heterocycles. The summed E-state index contributed by atoms with van der Waals surface area (Å²) in [6.45, 7) is 0.179. The molecule has 1 aliphatic rings. The van der Waals surface area contributed by atoms with Crippen LogP contribution in [0.4, 0.5) is 4.79 Å². The van der Waals surface area contributed by atoms with E-state index in [4.69, 9.17) is 10.5 Å². The third kappa shape index (κ3) is 6.57. The van der Waals surface area contributed by atoms with Gasteiger partial charge in [0, 0.05) is 6.42 Å². The molecular formula is C28H29N3O6S. The molecule has 3 aromatic carbocycles. The molecule has 0 unspecified atom stereocenters. The minimum absolute atomic E-state index is 0.0351. The number of amides is 3. The van der Waals surface area contributed by atoms with Crippen LogP contribution in [0, 0.1) is 0 Å². The normalized spacial score (nSPS) is 15.7. The van der Waals surface area contributed by atoms with Gasteiger partial charge < -0.3 is 15.8 Å². The Kier molecular flexibility index (Phi) is 8.42. The number of carbonyl (C=O) groups is 3. The van der Waals surface area contributed by atoms with E-state index in [0.717, 1.165) is 16.7 Å². The Morgan fingerprint density at radius 2 is 1.53 bits per heavy atom. The number of benzene rings is 3. The molecule has 198 valence electrons. The Hall–Kier alpha value is -4.18. The number of ether oxygens (including phenoxy) is 1. The van der Waals surface area contributed by atoms with Crippen molar-refractivity contribution in [1.82, 2.24) is 10.2 Å². The summed E-state index contributed by atoms with van der Waals surface area (Å²) in [5.41, 5.74) is 8.08. The van der Waals surface area contributed by atoms with Crippen LogP contribution in [-0.2, 0) is 43.7 Å². The van der Waals surface area contributed by atoms with Crippen LogP contribution in [0.1, 0.15) is 23.1 Å². The number of nitrogens with zero attached hydrogens (tertiary/aromatic N) is 1. The third-order valence-corrected chi connectivity index (χ3v) is 8.19. The molecular weight excluding hydrogens is 506 g/mol. The largest absolute Gasteiger partial charge is 0.445 e. The zero-order chi connectivity index (χ0) is 27.1. The van der Waals surface area contributed by atoms with Crippen LogP contribution in [0.25, 0.3) is 0 Å². The van der Waals surface area contributed by atoms with Crippen LogP contribution in [0.2, 0.25) is 0 Å². The number of fused-ring (bicyclic) bond motifs is 1. The van der Waals surface area contributed by atoms with Gasteiger partial charge in [0.05, 0.1) is 17.2 Å². The molecule has 0 radical (unpaired) electrons. The van der Waals surface area contributed by atoms with Crippen molar-refractivity contribution in [2.45, 2.75) is 43.0 Å². The van der Waals surface area contributed by atoms with E-state index in [0.29, 0.717) is 0 Å². The van der Waals surface area contributed by atoms with Gasteiger partial charge in [0.15, 0.2) is 9.84 Å². The smallest absolute Gasteiger partial charge is 0.411 e. The topological polar surface area (TPSA) is 136 Å². The molecule has 3 amide bonds. The van der Waals surface area contributed by atoms with Gasteiger partial charge in [0.1, 0.15) is 18.7 Å². The number of nitrogens with one attached hydrogen (secondary N) is 1. The number of nitrogens with two attached hydrogens (primary N) is 1. The van der Waals surface area contributed by atoms with Crippen molar-refractivity contribution in [1.29, 1.82) is 0 Å². The second-order valence-electron chi connectivity index (χ2n) is 9.04. The summed E-state index contributed by atoms with van der Waals surface area (Å²) in [5, 5.41) is 2.57. The summed E-state index contributed by atoms with van der Waals surface area (Å²) in [4.78, 5) is 40.1. The molecule has 3 N–H and O–H groups in total. The maximum absolute atomic E-state index is 13.4. The average molecular weight is 536 g/mol. The van der Waals surface area contributed by atoms with Crippen molar-refractivity contribution in [2.24, 2.45) is 5.73 Å². The van der Waals surface area contributed by atoms with Crippen LogP contribution in [0.3, 0.4) is 0 Å². The minimum Gasteiger partial charge on any atom is -0.445 e. The number of hydrogen-bond donors (Lipinski definition) is 2. The fraction of sp³-hybridized carbons (Fsp3) is 0.250. The predicted octanol–water partition coefficient (Wildman–Crippen LogP) is 2.58. The Bertz CT molecular complexity index is 1400. The lowest BCUT2D eigenvalue weighted by Crippen LogP contribution is -2.56. The van der Waals surface area contributed by atoms with Crippen molar-refractivity contribution in [3.63, 3.8) is 0 Å². The van der Waals surface area contributed by atoms with Gasteiger partial charge in [-0.25, -0.2) is 13.2 Å². The third-order valence-electron chi connectivity index (χ3n) is 6.43. The maximum atomic E-state index is 13.4. The molecule has 4 rings (SSSR count). The van der Waals surface area contributed by atoms with E-state index in [-0.39, 0.29) is 36.6 Å². The van der Waals surface area contributed by atoms with Gasteiger partial charge in [-0.15, -0.1) is 0 Å². The quantitative estimate of drug-likeness (QED) is 0.432. The number of carbonyl (C=O) groups excluding carboxylic acids is 3. The molecule has 0 bridgehead atoms. The molecule has 10 heteroatoms. The van der Waals surface area contributed by atoms with Crippen molar-refractivity contribution in [3.8, 4) is 0 Å². The van der Waals surface area contributed by atoms with Gasteiger partial charge in [-0.2, -0.15) is 0 Å². The molecule has 0 fully saturated rings. The standard InChI is InChI=1S/C28H29N3O6S/c29-26(32)24(15-16-38(35,36)23-13-5-2-6-14-23)30-27(33)25-17-21-11-7-8-12-22(21)18-31(25)28(34)37-19-20-9-3-1-4-10-20/h1-14,24-25H,15-19H2,(H2,29,32)(H,30,33)/t24-,25-/m0/s1. The fourth-order valence-corrected chi connectivity index (χ4v) is 5.68. The van der Waals surface area contributed by atoms with E-state index in [1.54, 1.807) is 18.2 Å². The molecule has 9 nitrogen and oxygen atoms in total. The van der Waals surface area contributed by atoms with E-state index in [1.807, 2.05) is 54.6 Å². The SMILES string of the molecule is NC(=O)[C@H](CCS(=O)(=O)c1ccccc1)NC(=O)[C@@H]1Cc2ccccc2CN1C(=O)OCc1ccccc1. The molecule has 0 saturated carbocycles. The Balaban J connectivity index is 1.48. The van der Waals surface area contributed by atoms with Crippen LogP contribution in [0.5, 0.6) is 0 Å². The molecule has 0 saturated heterocycles. The van der Waals surface area contributed by atoms with Crippen molar-refractivity contribution in [2.75, 3.05) is 5.75 Å². The second-order valence-corrected chi connectivity index (χ2v) is 11.2. The first-order chi connectivity index (χ1) is 18.2. The average Bonchev–Trinajstić information content (AvgIpc) is 2.94. The zero-order valence-electron chi connectivity index (χ0n) is 20.7. The first-order valence-corrected chi connectivity index (χ1v) is 13.8. The number of primary amides is 1. The summed E-state index contributed by atoms with van der Waals surface area (Å²) in [7, 11) is -3.69. The van der Waals surface area contributed by atoms with Crippen LogP contribution >= 0.6 is 0 Å². The van der Waals surface area contributed by atoms with Gasteiger partial charge in [-0.3, -0.25) is 14.5 Å². The summed E-state index contributed by atoms with van der Waals surface area (Å²) in [6, 6.07) is 22.2. The van der Waals surface area contributed by atoms with Crippen molar-refractivity contribution in [3.05, 3.63) is 102 Å². The van der Waals surface area contributed by atoms with Gasteiger partial charge in [-0.05, 0) is 35.2 Å². The van der Waals surface area contributed by atoms with Gasteiger partial charge in [0.2, 0.25) is 11.8 Å². The monoisotopic (exact) mass is 535 g/mol. The van der Waals surface area contributed by atoms with E-state index >= 15 is 0 Å². The lowest BCUT2D eigenvalue weighted by molar-refractivity contribution is -0.131. The lowest BCUT2D eigenvalue weighted by Gasteiger charge is -2.35. The van der Waals surface area contributed by atoms with Crippen LogP contribution in [-0.4, -0.2) is 49.1 Å². The summed E-state index contributed by atoms with van der Waals surface area (Å²) >= 11 is 0. The summed E-state index contributed by atoms with van der Waals surface area (Å²) in [6.07, 6.45) is -0.679. The minimum atomic E-state index is -3.69. The first kappa shape index (κ1) is 26.9. The molecule has 38 heavy (non-hydrogen) atoms. The number of hydrogen-bond acceptors (Lipinski definition) is 6. The first-order valence-electron chi connectivity index (χ1n) is 12.2. The fourth-order valence-electron chi connectivity index (χ4n) is 4.32. The summed E-state index contributed by atoms with van der Waals surface area (Å²) < 4.78 is 30.9. The highest BCUT2D eigenvalue weighted by atomic mass is 32.2. The Morgan fingerprint density at radius 3 is 2.18 bits per heavy atom. The molecule has 1 aliphatic heterocycles. The molecule has 2 atom stereocenters. The van der Waals surface area contributed by atoms with Crippen molar-refractivity contribution >= 4 is 27.7 Å². The second kappa shape index (κ2) is 11.9. The van der Waals surface area contributed by atoms with Crippen molar-refractivity contribution < 1.29 is 27.5 Å². The highest BCUT2D eigenvalue weighted by molar-refractivity contribution is 7.91. The molecule has 0 aliphatic carbocycles. The Labute approximate surface area is 221 Å². The number of sulfone groups is 1. The molecule has 0 spiro atoms. The van der Waals surface area contributed by atoms with Gasteiger partial charge >= 0.3 is 6.09 Å². The zero-order valence-corrected chi connectivity index (χ0v) is 21.5. The van der Waals surface area contributed by atoms with E-state index in [9.17, 15) is 22.8 Å². The van der Waals surface area contributed by atoms with E-state index < -0.39 is 39.8 Å². The van der Waals surface area contributed by atoms with Gasteiger partial charge in [0.25, 0.3) is 0 Å².